The number of nitriles is 1. The molecule has 0 saturated carbocycles. The van der Waals surface area contributed by atoms with Crippen LogP contribution in [-0.2, 0) is 0 Å². The first-order valence-electron chi connectivity index (χ1n) is 4.80. The van der Waals surface area contributed by atoms with Gasteiger partial charge in [0, 0.05) is 12.5 Å². The SMILES string of the molecule is Cc1nnc(NC(=O)c2ccc(C#N)cc2)o1. The number of aromatic nitrogens is 2. The van der Waals surface area contributed by atoms with Crippen LogP contribution in [0.4, 0.5) is 6.01 Å². The molecule has 2 rings (SSSR count). The van der Waals surface area contributed by atoms with E-state index in [1.165, 1.54) is 0 Å². The van der Waals surface area contributed by atoms with Gasteiger partial charge < -0.3 is 4.42 Å². The van der Waals surface area contributed by atoms with Crippen molar-refractivity contribution in [3.63, 3.8) is 0 Å². The molecule has 0 saturated heterocycles. The Hall–Kier alpha value is -2.68. The monoisotopic (exact) mass is 228 g/mol. The average molecular weight is 228 g/mol. The van der Waals surface area contributed by atoms with E-state index in [4.69, 9.17) is 9.68 Å². The van der Waals surface area contributed by atoms with Crippen LogP contribution in [0.3, 0.4) is 0 Å². The fourth-order valence-electron chi connectivity index (χ4n) is 1.21. The van der Waals surface area contributed by atoms with Gasteiger partial charge in [0.05, 0.1) is 11.6 Å². The first-order valence-corrected chi connectivity index (χ1v) is 4.80. The first-order chi connectivity index (χ1) is 8.19. The molecule has 0 unspecified atom stereocenters. The fraction of sp³-hybridized carbons (Fsp3) is 0.0909. The topological polar surface area (TPSA) is 91.8 Å². The van der Waals surface area contributed by atoms with E-state index in [0.29, 0.717) is 17.0 Å². The molecule has 1 aromatic heterocycles. The summed E-state index contributed by atoms with van der Waals surface area (Å²) in [6.45, 7) is 1.63. The largest absolute Gasteiger partial charge is 0.408 e. The van der Waals surface area contributed by atoms with Gasteiger partial charge in [-0.25, -0.2) is 0 Å². The quantitative estimate of drug-likeness (QED) is 0.840. The van der Waals surface area contributed by atoms with Gasteiger partial charge in [0.15, 0.2) is 0 Å². The second-order valence-electron chi connectivity index (χ2n) is 3.27. The Bertz CT molecular complexity index is 580. The predicted octanol–water partition coefficient (Wildman–Crippen LogP) is 1.50. The fourth-order valence-corrected chi connectivity index (χ4v) is 1.21. The van der Waals surface area contributed by atoms with Gasteiger partial charge in [-0.15, -0.1) is 5.10 Å². The highest BCUT2D eigenvalue weighted by atomic mass is 16.4. The van der Waals surface area contributed by atoms with Crippen molar-refractivity contribution in [1.29, 1.82) is 5.26 Å². The number of amides is 1. The lowest BCUT2D eigenvalue weighted by Crippen LogP contribution is -2.11. The number of carbonyl (C=O) groups excluding carboxylic acids is 1. The molecule has 1 heterocycles. The number of nitrogens with zero attached hydrogens (tertiary/aromatic N) is 3. The Morgan fingerprint density at radius 1 is 1.35 bits per heavy atom. The number of aryl methyl sites for hydroxylation is 1. The summed E-state index contributed by atoms with van der Waals surface area (Å²) in [7, 11) is 0. The summed E-state index contributed by atoms with van der Waals surface area (Å²) in [6, 6.07) is 8.26. The van der Waals surface area contributed by atoms with Gasteiger partial charge in [-0.05, 0) is 24.3 Å². The van der Waals surface area contributed by atoms with Gasteiger partial charge in [-0.2, -0.15) is 5.26 Å². The Balaban J connectivity index is 2.12. The molecule has 0 aliphatic carbocycles. The highest BCUT2D eigenvalue weighted by Crippen LogP contribution is 2.08. The van der Waals surface area contributed by atoms with Gasteiger partial charge in [0.1, 0.15) is 0 Å². The molecular formula is C11H8N4O2. The van der Waals surface area contributed by atoms with Crippen LogP contribution in [0.5, 0.6) is 0 Å². The molecule has 17 heavy (non-hydrogen) atoms. The van der Waals surface area contributed by atoms with E-state index < -0.39 is 0 Å². The normalized spacial score (nSPS) is 9.65. The van der Waals surface area contributed by atoms with Crippen LogP contribution in [-0.4, -0.2) is 16.1 Å². The van der Waals surface area contributed by atoms with E-state index in [1.807, 2.05) is 6.07 Å². The van der Waals surface area contributed by atoms with Gasteiger partial charge in [0.2, 0.25) is 5.89 Å². The summed E-state index contributed by atoms with van der Waals surface area (Å²) in [5.41, 5.74) is 0.912. The van der Waals surface area contributed by atoms with E-state index in [2.05, 4.69) is 15.5 Å². The van der Waals surface area contributed by atoms with E-state index >= 15 is 0 Å². The minimum absolute atomic E-state index is 0.0526. The molecule has 0 fully saturated rings. The average Bonchev–Trinajstić information content (AvgIpc) is 2.75. The minimum Gasteiger partial charge on any atom is -0.408 e. The maximum atomic E-state index is 11.7. The summed E-state index contributed by atoms with van der Waals surface area (Å²) in [6.07, 6.45) is 0. The summed E-state index contributed by atoms with van der Waals surface area (Å²) in [5.74, 6) is 0.0123. The zero-order valence-corrected chi connectivity index (χ0v) is 8.97. The molecule has 6 heteroatoms. The highest BCUT2D eigenvalue weighted by molar-refractivity contribution is 6.03. The number of hydrogen-bond donors (Lipinski definition) is 1. The Labute approximate surface area is 96.9 Å². The molecule has 1 aromatic carbocycles. The molecule has 84 valence electrons. The van der Waals surface area contributed by atoms with Crippen molar-refractivity contribution in [2.75, 3.05) is 5.32 Å². The molecule has 0 bridgehead atoms. The van der Waals surface area contributed by atoms with Crippen LogP contribution >= 0.6 is 0 Å². The molecule has 0 radical (unpaired) electrons. The zero-order chi connectivity index (χ0) is 12.3. The third kappa shape index (κ3) is 2.46. The van der Waals surface area contributed by atoms with Gasteiger partial charge >= 0.3 is 6.01 Å². The third-order valence-corrected chi connectivity index (χ3v) is 2.02. The summed E-state index contributed by atoms with van der Waals surface area (Å²) < 4.78 is 5.01. The number of rotatable bonds is 2. The molecule has 0 atom stereocenters. The Morgan fingerprint density at radius 3 is 2.59 bits per heavy atom. The zero-order valence-electron chi connectivity index (χ0n) is 8.97. The van der Waals surface area contributed by atoms with E-state index in [-0.39, 0.29) is 11.9 Å². The van der Waals surface area contributed by atoms with Crippen molar-refractivity contribution in [3.05, 3.63) is 41.3 Å². The Kier molecular flexibility index (Phi) is 2.83. The highest BCUT2D eigenvalue weighted by Gasteiger charge is 2.09. The van der Waals surface area contributed by atoms with Crippen molar-refractivity contribution in [3.8, 4) is 6.07 Å². The second-order valence-corrected chi connectivity index (χ2v) is 3.27. The maximum Gasteiger partial charge on any atom is 0.322 e. The van der Waals surface area contributed by atoms with Crippen molar-refractivity contribution in [2.45, 2.75) is 6.92 Å². The van der Waals surface area contributed by atoms with E-state index in [0.717, 1.165) is 0 Å². The van der Waals surface area contributed by atoms with Crippen molar-refractivity contribution in [1.82, 2.24) is 10.2 Å². The first kappa shape index (κ1) is 10.8. The van der Waals surface area contributed by atoms with Crippen LogP contribution < -0.4 is 5.32 Å². The predicted molar refractivity (Wildman–Crippen MR) is 58.1 cm³/mol. The number of nitrogens with one attached hydrogen (secondary N) is 1. The molecule has 0 aliphatic rings. The lowest BCUT2D eigenvalue weighted by molar-refractivity contribution is 0.102. The minimum atomic E-state index is -0.363. The standard InChI is InChI=1S/C11H8N4O2/c1-7-14-15-11(17-7)13-10(16)9-4-2-8(6-12)3-5-9/h2-5H,1H3,(H,13,15,16). The smallest absolute Gasteiger partial charge is 0.322 e. The Morgan fingerprint density at radius 2 is 2.06 bits per heavy atom. The molecule has 0 aliphatic heterocycles. The third-order valence-electron chi connectivity index (χ3n) is 2.02. The van der Waals surface area contributed by atoms with Crippen LogP contribution in [0.25, 0.3) is 0 Å². The number of benzene rings is 1. The molecule has 0 spiro atoms. The lowest BCUT2D eigenvalue weighted by atomic mass is 10.1. The number of hydrogen-bond acceptors (Lipinski definition) is 5. The molecule has 1 amide bonds. The van der Waals surface area contributed by atoms with Crippen LogP contribution in [0, 0.1) is 18.3 Å². The molecule has 6 nitrogen and oxygen atoms in total. The summed E-state index contributed by atoms with van der Waals surface area (Å²) >= 11 is 0. The molecule has 1 N–H and O–H groups in total. The lowest BCUT2D eigenvalue weighted by Gasteiger charge is -1.99. The van der Waals surface area contributed by atoms with Gasteiger partial charge in [-0.1, -0.05) is 5.10 Å². The summed E-state index contributed by atoms with van der Waals surface area (Å²) in [5, 5.41) is 18.3. The number of carbonyl (C=O) groups is 1. The molecular weight excluding hydrogens is 220 g/mol. The summed E-state index contributed by atoms with van der Waals surface area (Å²) in [4.78, 5) is 11.7. The second kappa shape index (κ2) is 4.45. The van der Waals surface area contributed by atoms with Gasteiger partial charge in [-0.3, -0.25) is 10.1 Å². The number of anilines is 1. The van der Waals surface area contributed by atoms with E-state index in [9.17, 15) is 4.79 Å². The van der Waals surface area contributed by atoms with Crippen molar-refractivity contribution >= 4 is 11.9 Å². The maximum absolute atomic E-state index is 11.7. The van der Waals surface area contributed by atoms with E-state index in [1.54, 1.807) is 31.2 Å². The van der Waals surface area contributed by atoms with Crippen LogP contribution in [0.1, 0.15) is 21.8 Å². The van der Waals surface area contributed by atoms with Crippen molar-refractivity contribution < 1.29 is 9.21 Å². The van der Waals surface area contributed by atoms with Crippen molar-refractivity contribution in [2.24, 2.45) is 0 Å². The van der Waals surface area contributed by atoms with Crippen LogP contribution in [0.2, 0.25) is 0 Å². The van der Waals surface area contributed by atoms with Crippen LogP contribution in [0.15, 0.2) is 28.7 Å². The molecule has 2 aromatic rings. The van der Waals surface area contributed by atoms with Gasteiger partial charge in [0.25, 0.3) is 5.91 Å².